The summed E-state index contributed by atoms with van der Waals surface area (Å²) in [6.45, 7) is 15.7. The van der Waals surface area contributed by atoms with Crippen molar-refractivity contribution in [3.8, 4) is 0 Å². The first-order valence-corrected chi connectivity index (χ1v) is 14.6. The SMILES string of the molecule is C=C/C(CCCCC)=C(\C=C/C/C=C1\CCCN2C1=NCCN2c1ccc(F)cc1)N1C=NC(C)=CC1.CC. The van der Waals surface area contributed by atoms with Crippen LogP contribution in [0.1, 0.15) is 72.6 Å². The topological polar surface area (TPSA) is 34.4 Å². The molecule has 3 aliphatic rings. The highest BCUT2D eigenvalue weighted by Gasteiger charge is 2.29. The van der Waals surface area contributed by atoms with E-state index >= 15 is 0 Å². The van der Waals surface area contributed by atoms with Gasteiger partial charge in [-0.25, -0.2) is 9.38 Å². The zero-order valence-corrected chi connectivity index (χ0v) is 24.4. The zero-order chi connectivity index (χ0) is 28.0. The Balaban J connectivity index is 0.00000205. The van der Waals surface area contributed by atoms with E-state index in [0.717, 1.165) is 69.1 Å². The number of aliphatic imine (C=N–C) groups is 2. The molecule has 1 aromatic rings. The molecule has 0 radical (unpaired) electrons. The number of nitrogens with zero attached hydrogens (tertiary/aromatic N) is 5. The largest absolute Gasteiger partial charge is 0.328 e. The van der Waals surface area contributed by atoms with Gasteiger partial charge in [-0.1, -0.05) is 58.4 Å². The number of benzene rings is 1. The molecule has 1 saturated heterocycles. The lowest BCUT2D eigenvalue weighted by Gasteiger charge is -2.44. The van der Waals surface area contributed by atoms with E-state index in [1.165, 1.54) is 48.2 Å². The minimum atomic E-state index is -0.207. The zero-order valence-electron chi connectivity index (χ0n) is 24.4. The van der Waals surface area contributed by atoms with Crippen molar-refractivity contribution in [2.24, 2.45) is 9.98 Å². The number of anilines is 1. The van der Waals surface area contributed by atoms with Crippen molar-refractivity contribution >= 4 is 17.9 Å². The number of amidine groups is 1. The smallest absolute Gasteiger partial charge is 0.145 e. The Hall–Kier alpha value is -3.41. The van der Waals surface area contributed by atoms with Crippen LogP contribution in [-0.2, 0) is 0 Å². The van der Waals surface area contributed by atoms with Gasteiger partial charge in [-0.15, -0.1) is 0 Å². The minimum Gasteiger partial charge on any atom is -0.328 e. The molecular formula is C33H46FN5. The Morgan fingerprint density at radius 3 is 2.59 bits per heavy atom. The van der Waals surface area contributed by atoms with Crippen molar-refractivity contribution in [1.29, 1.82) is 0 Å². The molecule has 0 aromatic heterocycles. The first-order chi connectivity index (χ1) is 19.1. The average Bonchev–Trinajstić information content (AvgIpc) is 2.98. The normalized spacial score (nSPS) is 18.8. The number of rotatable bonds is 10. The summed E-state index contributed by atoms with van der Waals surface area (Å²) in [6.07, 6.45) is 20.4. The second kappa shape index (κ2) is 15.9. The van der Waals surface area contributed by atoms with Crippen molar-refractivity contribution in [2.45, 2.75) is 72.6 Å². The predicted molar refractivity (Wildman–Crippen MR) is 165 cm³/mol. The van der Waals surface area contributed by atoms with Crippen LogP contribution in [0.3, 0.4) is 0 Å². The maximum Gasteiger partial charge on any atom is 0.145 e. The molecule has 0 amide bonds. The van der Waals surface area contributed by atoms with Crippen molar-refractivity contribution in [1.82, 2.24) is 9.91 Å². The summed E-state index contributed by atoms with van der Waals surface area (Å²) in [5, 5.41) is 4.51. The lowest BCUT2D eigenvalue weighted by atomic mass is 10.0. The lowest BCUT2D eigenvalue weighted by molar-refractivity contribution is 0.347. The number of unbranched alkanes of at least 4 members (excludes halogenated alkanes) is 2. The molecule has 0 saturated carbocycles. The Labute approximate surface area is 235 Å². The second-order valence-corrected chi connectivity index (χ2v) is 9.71. The number of allylic oxidation sites excluding steroid dienone is 6. The average molecular weight is 532 g/mol. The Morgan fingerprint density at radius 2 is 1.90 bits per heavy atom. The molecule has 3 aliphatic heterocycles. The van der Waals surface area contributed by atoms with Gasteiger partial charge >= 0.3 is 0 Å². The summed E-state index contributed by atoms with van der Waals surface area (Å²) in [5.41, 5.74) is 5.81. The number of hydrogen-bond acceptors (Lipinski definition) is 5. The number of halogens is 1. The van der Waals surface area contributed by atoms with Gasteiger partial charge in [0.15, 0.2) is 0 Å². The summed E-state index contributed by atoms with van der Waals surface area (Å²) in [6, 6.07) is 6.76. The molecule has 0 spiro atoms. The van der Waals surface area contributed by atoms with Gasteiger partial charge in [0.05, 0.1) is 25.1 Å². The summed E-state index contributed by atoms with van der Waals surface area (Å²) in [7, 11) is 0. The van der Waals surface area contributed by atoms with Crippen molar-refractivity contribution < 1.29 is 4.39 Å². The molecule has 210 valence electrons. The summed E-state index contributed by atoms with van der Waals surface area (Å²) in [4.78, 5) is 11.6. The Morgan fingerprint density at radius 1 is 1.10 bits per heavy atom. The van der Waals surface area contributed by atoms with Crippen LogP contribution in [0.25, 0.3) is 0 Å². The monoisotopic (exact) mass is 531 g/mol. The van der Waals surface area contributed by atoms with E-state index < -0.39 is 0 Å². The number of piperidine rings is 1. The molecule has 6 heteroatoms. The van der Waals surface area contributed by atoms with E-state index in [1.807, 2.05) is 45.3 Å². The first-order valence-electron chi connectivity index (χ1n) is 14.6. The molecule has 1 fully saturated rings. The summed E-state index contributed by atoms with van der Waals surface area (Å²) >= 11 is 0. The molecular weight excluding hydrogens is 485 g/mol. The van der Waals surface area contributed by atoms with Gasteiger partial charge in [0.25, 0.3) is 0 Å². The van der Waals surface area contributed by atoms with Crippen LogP contribution in [0.15, 0.2) is 93.7 Å². The maximum atomic E-state index is 13.5. The summed E-state index contributed by atoms with van der Waals surface area (Å²) in [5.74, 6) is 0.849. The van der Waals surface area contributed by atoms with E-state index in [4.69, 9.17) is 4.99 Å². The Kier molecular flexibility index (Phi) is 12.3. The van der Waals surface area contributed by atoms with E-state index in [-0.39, 0.29) is 5.82 Å². The molecule has 39 heavy (non-hydrogen) atoms. The van der Waals surface area contributed by atoms with Crippen molar-refractivity contribution in [3.05, 3.63) is 89.6 Å². The molecule has 3 heterocycles. The number of fused-ring (bicyclic) bond motifs is 1. The highest BCUT2D eigenvalue weighted by molar-refractivity contribution is 6.00. The standard InChI is InChI=1S/C31H40FN5.C2H6/c1-4-6-7-11-26(5-2)30(35-22-19-25(3)34-24-35)14-9-8-12-27-13-10-21-37-31(27)33-20-23-36(37)29-17-15-28(32)16-18-29;1-2/h5,9,12,14-19,24H,2,4,6-8,10-11,13,20-23H2,1,3H3;1-2H3/b14-9-,27-12+,30-26-;. The third kappa shape index (κ3) is 8.29. The van der Waals surface area contributed by atoms with Gasteiger partial charge in [0, 0.05) is 24.5 Å². The molecule has 0 unspecified atom stereocenters. The van der Waals surface area contributed by atoms with Gasteiger partial charge in [-0.2, -0.15) is 0 Å². The highest BCUT2D eigenvalue weighted by atomic mass is 19.1. The fraction of sp³-hybridized carbons (Fsp3) is 0.455. The van der Waals surface area contributed by atoms with Gasteiger partial charge in [-0.3, -0.25) is 15.0 Å². The number of hydrogen-bond donors (Lipinski definition) is 0. The van der Waals surface area contributed by atoms with Crippen LogP contribution in [0.2, 0.25) is 0 Å². The minimum absolute atomic E-state index is 0.207. The highest BCUT2D eigenvalue weighted by Crippen LogP contribution is 2.28. The van der Waals surface area contributed by atoms with Crippen molar-refractivity contribution in [3.63, 3.8) is 0 Å². The molecule has 1 aromatic carbocycles. The van der Waals surface area contributed by atoms with E-state index in [1.54, 1.807) is 0 Å². The second-order valence-electron chi connectivity index (χ2n) is 9.71. The fourth-order valence-corrected chi connectivity index (χ4v) is 5.00. The van der Waals surface area contributed by atoms with Gasteiger partial charge < -0.3 is 4.90 Å². The van der Waals surface area contributed by atoms with E-state index in [0.29, 0.717) is 0 Å². The lowest BCUT2D eigenvalue weighted by Crippen LogP contribution is -2.53. The molecule has 5 nitrogen and oxygen atoms in total. The first kappa shape index (κ1) is 30.1. The van der Waals surface area contributed by atoms with Gasteiger partial charge in [0.2, 0.25) is 0 Å². The van der Waals surface area contributed by atoms with Crippen molar-refractivity contribution in [2.75, 3.05) is 31.2 Å². The van der Waals surface area contributed by atoms with Crippen LogP contribution in [-0.4, -0.2) is 48.3 Å². The van der Waals surface area contributed by atoms with Crippen LogP contribution in [0.4, 0.5) is 10.1 Å². The molecule has 0 aliphatic carbocycles. The quantitative estimate of drug-likeness (QED) is 0.225. The van der Waals surface area contributed by atoms with E-state index in [9.17, 15) is 4.39 Å². The molecule has 0 bridgehead atoms. The van der Waals surface area contributed by atoms with Crippen LogP contribution < -0.4 is 5.01 Å². The third-order valence-corrected chi connectivity index (χ3v) is 7.03. The predicted octanol–water partition coefficient (Wildman–Crippen LogP) is 8.22. The summed E-state index contributed by atoms with van der Waals surface area (Å²) < 4.78 is 13.5. The fourth-order valence-electron chi connectivity index (χ4n) is 5.00. The van der Waals surface area contributed by atoms with Crippen LogP contribution >= 0.6 is 0 Å². The third-order valence-electron chi connectivity index (χ3n) is 7.03. The maximum absolute atomic E-state index is 13.5. The van der Waals surface area contributed by atoms with E-state index in [2.05, 4.69) is 57.7 Å². The number of hydrazine groups is 1. The molecule has 0 atom stereocenters. The van der Waals surface area contributed by atoms with Crippen LogP contribution in [0, 0.1) is 5.82 Å². The van der Waals surface area contributed by atoms with Gasteiger partial charge in [0.1, 0.15) is 11.7 Å². The van der Waals surface area contributed by atoms with Crippen LogP contribution in [0.5, 0.6) is 0 Å². The molecule has 4 rings (SSSR count). The molecule has 0 N–H and O–H groups in total. The Bertz CT molecular complexity index is 1120. The van der Waals surface area contributed by atoms with Gasteiger partial charge in [-0.05, 0) is 86.6 Å².